The molecule has 0 fully saturated rings. The summed E-state index contributed by atoms with van der Waals surface area (Å²) in [4.78, 5) is 0. The van der Waals surface area contributed by atoms with Crippen molar-refractivity contribution in [2.24, 2.45) is 0 Å². The lowest BCUT2D eigenvalue weighted by molar-refractivity contribution is 0.437. The van der Waals surface area contributed by atoms with Crippen molar-refractivity contribution in [3.8, 4) is 0 Å². The molecule has 66 valence electrons. The first-order valence-electron chi connectivity index (χ1n) is 4.27. The normalized spacial score (nSPS) is 11.8. The van der Waals surface area contributed by atoms with Crippen molar-refractivity contribution in [3.05, 3.63) is 0 Å². The molecule has 0 saturated carbocycles. The van der Waals surface area contributed by atoms with E-state index in [0.717, 1.165) is 35.5 Å². The van der Waals surface area contributed by atoms with Crippen LogP contribution in [-0.2, 0) is 9.13 Å². The van der Waals surface area contributed by atoms with E-state index in [2.05, 4.69) is 0 Å². The minimum absolute atomic E-state index is 0.378. The van der Waals surface area contributed by atoms with Crippen LogP contribution in [0.15, 0.2) is 0 Å². The van der Waals surface area contributed by atoms with E-state index in [1.807, 2.05) is 13.8 Å². The summed E-state index contributed by atoms with van der Waals surface area (Å²) in [6.45, 7) is 3.93. The molecule has 0 radical (unpaired) electrons. The predicted octanol–water partition coefficient (Wildman–Crippen LogP) is 1.89. The molecule has 0 bridgehead atoms. The van der Waals surface area contributed by atoms with Gasteiger partial charge in [-0.25, -0.2) is 9.13 Å². The molecule has 0 heterocycles. The average Bonchev–Trinajstić information content (AvgIpc) is 2.00. The van der Waals surface area contributed by atoms with E-state index in [9.17, 15) is 9.13 Å². The van der Waals surface area contributed by atoms with Crippen molar-refractivity contribution < 1.29 is 9.13 Å². The van der Waals surface area contributed by atoms with Gasteiger partial charge in [0.15, 0.2) is 0 Å². The zero-order chi connectivity index (χ0) is 8.91. The van der Waals surface area contributed by atoms with Crippen LogP contribution in [0, 0.1) is 0 Å². The lowest BCUT2D eigenvalue weighted by Crippen LogP contribution is -2.19. The van der Waals surface area contributed by atoms with E-state index in [1.165, 1.54) is 0 Å². The highest BCUT2D eigenvalue weighted by Crippen LogP contribution is 2.39. The summed E-state index contributed by atoms with van der Waals surface area (Å²) in [6.07, 6.45) is 2.40. The minimum atomic E-state index is -2.23. The average molecular weight is 192 g/mol. The Balaban J connectivity index is 4.46. The fourth-order valence-electron chi connectivity index (χ4n) is 1.42. The summed E-state index contributed by atoms with van der Waals surface area (Å²) < 4.78 is 21.9. The first kappa shape index (κ1) is 11.1. The summed E-state index contributed by atoms with van der Waals surface area (Å²) in [5.74, 6) is 0. The molecule has 0 N–H and O–H groups in total. The largest absolute Gasteiger partial charge is 0.321 e. The van der Waals surface area contributed by atoms with E-state index in [4.69, 9.17) is 0 Å². The zero-order valence-corrected chi connectivity index (χ0v) is 10.5. The van der Waals surface area contributed by atoms with Crippen LogP contribution in [0.4, 0.5) is 0 Å². The monoisotopic (exact) mass is 192 g/mol. The summed E-state index contributed by atoms with van der Waals surface area (Å²) in [5.41, 5.74) is 0. The van der Waals surface area contributed by atoms with Crippen LogP contribution in [-0.4, -0.2) is 15.4 Å². The molecular formula is C7H17O2PSi. The fourth-order valence-corrected chi connectivity index (χ4v) is 3.72. The molecule has 0 amide bonds. The lowest BCUT2D eigenvalue weighted by Gasteiger charge is -2.21. The fraction of sp³-hybridized carbons (Fsp3) is 1.00. The molecule has 0 aromatic heterocycles. The van der Waals surface area contributed by atoms with E-state index >= 15 is 0 Å². The molecule has 0 aliphatic heterocycles. The Hall–Kier alpha value is 0.117. The Morgan fingerprint density at radius 2 is 1.73 bits per heavy atom. The van der Waals surface area contributed by atoms with Gasteiger partial charge in [-0.3, -0.25) is 0 Å². The van der Waals surface area contributed by atoms with Crippen molar-refractivity contribution in [1.82, 2.24) is 0 Å². The number of hydrogen-bond acceptors (Lipinski definition) is 2. The van der Waals surface area contributed by atoms with Crippen molar-refractivity contribution in [3.63, 3.8) is 0 Å². The maximum Gasteiger partial charge on any atom is 0.321 e. The third-order valence-electron chi connectivity index (χ3n) is 2.42. The van der Waals surface area contributed by atoms with E-state index < -0.39 is 7.68 Å². The van der Waals surface area contributed by atoms with Gasteiger partial charge in [0.1, 0.15) is 0 Å². The van der Waals surface area contributed by atoms with E-state index in [-0.39, 0.29) is 5.16 Å². The highest BCUT2D eigenvalue weighted by Gasteiger charge is 2.31. The molecule has 0 unspecified atom stereocenters. The number of rotatable bonds is 5. The zero-order valence-electron chi connectivity index (χ0n) is 7.59. The summed E-state index contributed by atoms with van der Waals surface area (Å²) in [6, 6.07) is 1.09. The van der Waals surface area contributed by atoms with Gasteiger partial charge in [-0.05, 0) is 19.3 Å². The summed E-state index contributed by atoms with van der Waals surface area (Å²) in [7, 11) is -1.12. The molecular weight excluding hydrogens is 175 g/mol. The number of hydrogen-bond donors (Lipinski definition) is 0. The first-order chi connectivity index (χ1) is 5.13. The smallest absolute Gasteiger partial charge is 0.237 e. The maximum absolute atomic E-state index is 10.9. The van der Waals surface area contributed by atoms with Crippen LogP contribution in [0.5, 0.6) is 0 Å². The second-order valence-electron chi connectivity index (χ2n) is 2.94. The first-order valence-corrected chi connectivity index (χ1v) is 6.86. The summed E-state index contributed by atoms with van der Waals surface area (Å²) >= 11 is 0. The second-order valence-corrected chi connectivity index (χ2v) is 5.40. The van der Waals surface area contributed by atoms with Gasteiger partial charge in [-0.1, -0.05) is 19.9 Å². The van der Waals surface area contributed by atoms with Crippen LogP contribution in [0.1, 0.15) is 33.1 Å². The highest BCUT2D eigenvalue weighted by molar-refractivity contribution is 7.33. The molecule has 0 saturated heterocycles. The predicted molar refractivity (Wildman–Crippen MR) is 51.0 cm³/mol. The molecule has 11 heavy (non-hydrogen) atoms. The van der Waals surface area contributed by atoms with Gasteiger partial charge in [0.2, 0.25) is 0 Å². The second kappa shape index (κ2) is 4.89. The minimum Gasteiger partial charge on any atom is -0.237 e. The van der Waals surface area contributed by atoms with Crippen LogP contribution in [0.3, 0.4) is 0 Å². The molecule has 0 aliphatic rings. The molecule has 0 aromatic carbocycles. The van der Waals surface area contributed by atoms with Gasteiger partial charge in [0.25, 0.3) is 0 Å². The van der Waals surface area contributed by atoms with Crippen molar-refractivity contribution in [2.75, 3.05) is 0 Å². The van der Waals surface area contributed by atoms with Gasteiger partial charge in [-0.15, -0.1) is 0 Å². The van der Waals surface area contributed by atoms with Gasteiger partial charge in [-0.2, -0.15) is 0 Å². The van der Waals surface area contributed by atoms with Gasteiger partial charge in [0.05, 0.1) is 5.16 Å². The SMILES string of the molecule is CCC(CC)(CC[SiH3])P(=O)=O. The van der Waals surface area contributed by atoms with Crippen molar-refractivity contribution in [1.29, 1.82) is 0 Å². The Kier molecular flexibility index (Phi) is 4.94. The Morgan fingerprint density at radius 3 is 1.82 bits per heavy atom. The molecule has 2 nitrogen and oxygen atoms in total. The van der Waals surface area contributed by atoms with Gasteiger partial charge < -0.3 is 0 Å². The van der Waals surface area contributed by atoms with Crippen LogP contribution in [0.25, 0.3) is 0 Å². The third kappa shape index (κ3) is 2.57. The van der Waals surface area contributed by atoms with E-state index in [0.29, 0.717) is 0 Å². The van der Waals surface area contributed by atoms with Crippen LogP contribution < -0.4 is 0 Å². The molecule has 0 aliphatic carbocycles. The third-order valence-corrected chi connectivity index (χ3v) is 4.55. The highest BCUT2D eigenvalue weighted by atomic mass is 31.1. The topological polar surface area (TPSA) is 34.1 Å². The quantitative estimate of drug-likeness (QED) is 0.492. The molecule has 4 heteroatoms. The molecule has 0 rings (SSSR count). The molecule has 0 atom stereocenters. The van der Waals surface area contributed by atoms with Crippen molar-refractivity contribution >= 4 is 17.9 Å². The lowest BCUT2D eigenvalue weighted by atomic mass is 9.99. The van der Waals surface area contributed by atoms with Crippen LogP contribution >= 0.6 is 7.68 Å². The Bertz CT molecular complexity index is 165. The van der Waals surface area contributed by atoms with Crippen molar-refractivity contribution in [2.45, 2.75) is 44.3 Å². The maximum atomic E-state index is 10.9. The Labute approximate surface area is 72.0 Å². The molecule has 0 spiro atoms. The Morgan fingerprint density at radius 1 is 1.27 bits per heavy atom. The molecule has 0 aromatic rings. The van der Waals surface area contributed by atoms with Crippen LogP contribution in [0.2, 0.25) is 6.04 Å². The standard InChI is InChI=1S/C7H17O2PSi/c1-3-7(4-2,5-6-11)10(8)9/h3-6H2,1-2,11H3. The van der Waals surface area contributed by atoms with E-state index in [1.54, 1.807) is 0 Å². The van der Waals surface area contributed by atoms with Gasteiger partial charge >= 0.3 is 7.68 Å². The summed E-state index contributed by atoms with van der Waals surface area (Å²) in [5, 5.41) is -0.378. The van der Waals surface area contributed by atoms with Gasteiger partial charge in [0, 0.05) is 10.2 Å².